The second kappa shape index (κ2) is 13.9. The fourth-order valence-electron chi connectivity index (χ4n) is 4.51. The Kier molecular flexibility index (Phi) is 10.0. The highest BCUT2D eigenvalue weighted by atomic mass is 16.5. The molecule has 4 rings (SSSR count). The summed E-state index contributed by atoms with van der Waals surface area (Å²) in [7, 11) is 1.75. The zero-order valence-electron chi connectivity index (χ0n) is 20.9. The predicted octanol–water partition coefficient (Wildman–Crippen LogP) is 5.04. The average Bonchev–Trinajstić information content (AvgIpc) is 2.92. The number of methoxy groups -OCH3 is 1. The van der Waals surface area contributed by atoms with Gasteiger partial charge in [-0.1, -0.05) is 66.7 Å². The molecule has 0 saturated carbocycles. The summed E-state index contributed by atoms with van der Waals surface area (Å²) in [6, 6.07) is 26.8. The van der Waals surface area contributed by atoms with Gasteiger partial charge in [0, 0.05) is 38.3 Å². The first kappa shape index (κ1) is 25.2. The van der Waals surface area contributed by atoms with E-state index in [9.17, 15) is 0 Å². The van der Waals surface area contributed by atoms with Crippen molar-refractivity contribution >= 4 is 0 Å². The van der Waals surface area contributed by atoms with Crippen molar-refractivity contribution in [3.05, 3.63) is 95.6 Å². The number of piperazine rings is 1. The van der Waals surface area contributed by atoms with Crippen LogP contribution in [0.4, 0.5) is 0 Å². The lowest BCUT2D eigenvalue weighted by atomic mass is 10.1. The number of aryl methyl sites for hydroxylation is 1. The molecule has 0 aromatic heterocycles. The number of para-hydroxylation sites is 2. The molecule has 5 heteroatoms. The molecule has 0 atom stereocenters. The molecule has 0 spiro atoms. The van der Waals surface area contributed by atoms with Gasteiger partial charge in [0.2, 0.25) is 0 Å². The topological polar surface area (TPSA) is 34.2 Å². The van der Waals surface area contributed by atoms with E-state index in [4.69, 9.17) is 14.2 Å². The molecule has 0 amide bonds. The molecule has 3 aromatic rings. The zero-order valence-corrected chi connectivity index (χ0v) is 20.9. The Morgan fingerprint density at radius 2 is 1.29 bits per heavy atom. The fourth-order valence-corrected chi connectivity index (χ4v) is 4.51. The molecule has 0 aliphatic carbocycles. The van der Waals surface area contributed by atoms with Gasteiger partial charge >= 0.3 is 0 Å². The maximum absolute atomic E-state index is 6.05. The van der Waals surface area contributed by atoms with Gasteiger partial charge in [-0.3, -0.25) is 4.90 Å². The molecule has 35 heavy (non-hydrogen) atoms. The molecule has 1 fully saturated rings. The standard InChI is InChI=1S/C30H38N2O3/c1-33-29-15-7-5-12-27(29)14-9-17-31-18-20-32(21-19-31)22-23-34-25-28-13-6-8-16-30(28)35-24-26-10-3-2-4-11-26/h2-8,10-13,15-16H,9,14,17-25H2,1H3. The Hall–Kier alpha value is -2.86. The number of benzene rings is 3. The number of hydrogen-bond donors (Lipinski definition) is 0. The van der Waals surface area contributed by atoms with Crippen LogP contribution in [0.3, 0.4) is 0 Å². The van der Waals surface area contributed by atoms with Gasteiger partial charge < -0.3 is 19.1 Å². The zero-order chi connectivity index (χ0) is 24.1. The summed E-state index contributed by atoms with van der Waals surface area (Å²) in [6.07, 6.45) is 2.23. The smallest absolute Gasteiger partial charge is 0.125 e. The second-order valence-corrected chi connectivity index (χ2v) is 9.03. The van der Waals surface area contributed by atoms with Crippen LogP contribution in [0.2, 0.25) is 0 Å². The second-order valence-electron chi connectivity index (χ2n) is 9.03. The molecule has 1 saturated heterocycles. The minimum atomic E-state index is 0.570. The summed E-state index contributed by atoms with van der Waals surface area (Å²) in [5, 5.41) is 0. The van der Waals surface area contributed by atoms with Crippen molar-refractivity contribution in [1.29, 1.82) is 0 Å². The summed E-state index contributed by atoms with van der Waals surface area (Å²) < 4.78 is 17.6. The van der Waals surface area contributed by atoms with Gasteiger partial charge in [0.1, 0.15) is 18.1 Å². The molecular formula is C30H38N2O3. The van der Waals surface area contributed by atoms with Crippen molar-refractivity contribution in [3.8, 4) is 11.5 Å². The lowest BCUT2D eigenvalue weighted by Crippen LogP contribution is -2.47. The van der Waals surface area contributed by atoms with Crippen molar-refractivity contribution in [3.63, 3.8) is 0 Å². The number of hydrogen-bond acceptors (Lipinski definition) is 5. The first-order valence-corrected chi connectivity index (χ1v) is 12.7. The SMILES string of the molecule is COc1ccccc1CCCN1CCN(CCOCc2ccccc2OCc2ccccc2)CC1. The van der Waals surface area contributed by atoms with Crippen LogP contribution < -0.4 is 9.47 Å². The van der Waals surface area contributed by atoms with Crippen LogP contribution in [0.5, 0.6) is 11.5 Å². The number of rotatable bonds is 13. The van der Waals surface area contributed by atoms with Gasteiger partial charge in [-0.15, -0.1) is 0 Å². The highest BCUT2D eigenvalue weighted by Gasteiger charge is 2.16. The Bertz CT molecular complexity index is 1000. The van der Waals surface area contributed by atoms with Crippen LogP contribution in [-0.2, 0) is 24.4 Å². The Morgan fingerprint density at radius 3 is 2.03 bits per heavy atom. The van der Waals surface area contributed by atoms with Crippen molar-refractivity contribution < 1.29 is 14.2 Å². The molecule has 3 aromatic carbocycles. The summed E-state index contributed by atoms with van der Waals surface area (Å²) >= 11 is 0. The summed E-state index contributed by atoms with van der Waals surface area (Å²) in [4.78, 5) is 5.08. The van der Waals surface area contributed by atoms with Crippen molar-refractivity contribution in [2.75, 3.05) is 53.0 Å². The third kappa shape index (κ3) is 8.10. The van der Waals surface area contributed by atoms with Crippen LogP contribution in [0, 0.1) is 0 Å². The first-order chi connectivity index (χ1) is 17.3. The van der Waals surface area contributed by atoms with Gasteiger partial charge in [0.25, 0.3) is 0 Å². The van der Waals surface area contributed by atoms with Crippen molar-refractivity contribution in [1.82, 2.24) is 9.80 Å². The lowest BCUT2D eigenvalue weighted by Gasteiger charge is -2.34. The molecule has 5 nitrogen and oxygen atoms in total. The van der Waals surface area contributed by atoms with Crippen LogP contribution in [0.1, 0.15) is 23.1 Å². The average molecular weight is 475 g/mol. The van der Waals surface area contributed by atoms with Gasteiger partial charge in [-0.25, -0.2) is 0 Å². The molecule has 186 valence electrons. The van der Waals surface area contributed by atoms with Gasteiger partial charge in [0.05, 0.1) is 20.3 Å². The summed E-state index contributed by atoms with van der Waals surface area (Å²) in [5.41, 5.74) is 3.57. The highest BCUT2D eigenvalue weighted by Crippen LogP contribution is 2.21. The maximum Gasteiger partial charge on any atom is 0.125 e. The third-order valence-corrected chi connectivity index (χ3v) is 6.60. The van der Waals surface area contributed by atoms with Gasteiger partial charge in [0.15, 0.2) is 0 Å². The first-order valence-electron chi connectivity index (χ1n) is 12.7. The van der Waals surface area contributed by atoms with E-state index >= 15 is 0 Å². The van der Waals surface area contributed by atoms with Crippen LogP contribution in [0.25, 0.3) is 0 Å². The minimum Gasteiger partial charge on any atom is -0.496 e. The van der Waals surface area contributed by atoms with E-state index in [0.29, 0.717) is 13.2 Å². The molecular weight excluding hydrogens is 436 g/mol. The van der Waals surface area contributed by atoms with E-state index in [1.807, 2.05) is 48.5 Å². The number of ether oxygens (including phenoxy) is 3. The summed E-state index contributed by atoms with van der Waals surface area (Å²) in [5.74, 6) is 1.90. The molecule has 0 unspecified atom stereocenters. The number of nitrogens with zero attached hydrogens (tertiary/aromatic N) is 2. The monoisotopic (exact) mass is 474 g/mol. The van der Waals surface area contributed by atoms with E-state index in [1.54, 1.807) is 7.11 Å². The molecule has 0 radical (unpaired) electrons. The highest BCUT2D eigenvalue weighted by molar-refractivity contribution is 5.34. The largest absolute Gasteiger partial charge is 0.496 e. The molecule has 0 bridgehead atoms. The van der Waals surface area contributed by atoms with Crippen LogP contribution in [0.15, 0.2) is 78.9 Å². The van der Waals surface area contributed by atoms with E-state index < -0.39 is 0 Å². The van der Waals surface area contributed by atoms with Crippen LogP contribution in [-0.4, -0.2) is 62.8 Å². The maximum atomic E-state index is 6.05. The van der Waals surface area contributed by atoms with E-state index in [2.05, 4.69) is 40.1 Å². The van der Waals surface area contributed by atoms with Gasteiger partial charge in [-0.2, -0.15) is 0 Å². The quantitative estimate of drug-likeness (QED) is 0.324. The normalized spacial score (nSPS) is 14.7. The van der Waals surface area contributed by atoms with E-state index in [1.165, 1.54) is 11.1 Å². The Balaban J connectivity index is 1.11. The molecule has 1 aliphatic heterocycles. The minimum absolute atomic E-state index is 0.570. The molecule has 1 heterocycles. The lowest BCUT2D eigenvalue weighted by molar-refractivity contribution is 0.0671. The molecule has 0 N–H and O–H groups in total. The summed E-state index contributed by atoms with van der Waals surface area (Å²) in [6.45, 7) is 8.47. The Morgan fingerprint density at radius 1 is 0.657 bits per heavy atom. The van der Waals surface area contributed by atoms with E-state index in [-0.39, 0.29) is 0 Å². The van der Waals surface area contributed by atoms with Crippen molar-refractivity contribution in [2.24, 2.45) is 0 Å². The third-order valence-electron chi connectivity index (χ3n) is 6.60. The van der Waals surface area contributed by atoms with Crippen LogP contribution >= 0.6 is 0 Å². The molecule has 1 aliphatic rings. The van der Waals surface area contributed by atoms with E-state index in [0.717, 1.165) is 75.8 Å². The van der Waals surface area contributed by atoms with Gasteiger partial charge in [-0.05, 0) is 42.6 Å². The predicted molar refractivity (Wildman–Crippen MR) is 141 cm³/mol. The van der Waals surface area contributed by atoms with Crippen molar-refractivity contribution in [2.45, 2.75) is 26.1 Å². The Labute approximate surface area is 210 Å². The fraction of sp³-hybridized carbons (Fsp3) is 0.400.